The summed E-state index contributed by atoms with van der Waals surface area (Å²) in [6.07, 6.45) is 0.789. The van der Waals surface area contributed by atoms with Crippen LogP contribution in [0.25, 0.3) is 0 Å². The fraction of sp³-hybridized carbons (Fsp3) is 0.200. The number of nitrogens with two attached hydrogens (primary N) is 1. The molecule has 0 unspecified atom stereocenters. The topological polar surface area (TPSA) is 72.2 Å². The van der Waals surface area contributed by atoms with Crippen LogP contribution in [0.2, 0.25) is 0 Å². The molecular formula is C15H18N2O2S. The monoisotopic (exact) mass is 290 g/mol. The average Bonchev–Trinajstić information content (AvgIpc) is 2.41. The second-order valence-electron chi connectivity index (χ2n) is 4.58. The normalized spacial score (nSPS) is 11.2. The smallest absolute Gasteiger partial charge is 0.236 e. The molecule has 0 aliphatic rings. The first kappa shape index (κ1) is 14.6. The van der Waals surface area contributed by atoms with Crippen molar-refractivity contribution in [2.75, 3.05) is 11.3 Å². The number of sulfonamides is 1. The van der Waals surface area contributed by atoms with Gasteiger partial charge in [-0.1, -0.05) is 42.5 Å². The van der Waals surface area contributed by atoms with Gasteiger partial charge in [0.05, 0.1) is 5.75 Å². The molecule has 5 heteroatoms. The summed E-state index contributed by atoms with van der Waals surface area (Å²) < 4.78 is 26.7. The molecule has 0 aliphatic heterocycles. The summed E-state index contributed by atoms with van der Waals surface area (Å²) in [7, 11) is -3.39. The van der Waals surface area contributed by atoms with Crippen LogP contribution in [0.4, 0.5) is 5.69 Å². The number of rotatable bonds is 6. The first-order valence-electron chi connectivity index (χ1n) is 6.42. The fourth-order valence-corrected chi connectivity index (χ4v) is 3.11. The Balaban J connectivity index is 2.04. The van der Waals surface area contributed by atoms with Gasteiger partial charge in [-0.05, 0) is 36.2 Å². The van der Waals surface area contributed by atoms with Crippen molar-refractivity contribution in [3.63, 3.8) is 0 Å². The summed E-state index contributed by atoms with van der Waals surface area (Å²) >= 11 is 0. The lowest BCUT2D eigenvalue weighted by Gasteiger charge is -2.08. The molecule has 2 aromatic carbocycles. The van der Waals surface area contributed by atoms with Crippen LogP contribution in [0.5, 0.6) is 0 Å². The lowest BCUT2D eigenvalue weighted by atomic mass is 10.1. The minimum Gasteiger partial charge on any atom is -0.330 e. The molecule has 0 radical (unpaired) electrons. The Morgan fingerprint density at radius 1 is 0.900 bits per heavy atom. The van der Waals surface area contributed by atoms with Crippen molar-refractivity contribution in [3.05, 3.63) is 65.7 Å². The van der Waals surface area contributed by atoms with E-state index in [2.05, 4.69) is 4.72 Å². The van der Waals surface area contributed by atoms with E-state index in [1.54, 1.807) is 24.3 Å². The predicted molar refractivity (Wildman–Crippen MR) is 81.9 cm³/mol. The van der Waals surface area contributed by atoms with Gasteiger partial charge in [-0.2, -0.15) is 0 Å². The van der Waals surface area contributed by atoms with Crippen LogP contribution in [0.15, 0.2) is 54.6 Å². The van der Waals surface area contributed by atoms with E-state index in [-0.39, 0.29) is 5.75 Å². The van der Waals surface area contributed by atoms with E-state index in [0.717, 1.165) is 17.5 Å². The second-order valence-corrected chi connectivity index (χ2v) is 6.30. The molecule has 20 heavy (non-hydrogen) atoms. The number of anilines is 1. The maximum atomic E-state index is 12.0. The van der Waals surface area contributed by atoms with Gasteiger partial charge in [0.15, 0.2) is 0 Å². The molecule has 0 spiro atoms. The summed E-state index contributed by atoms with van der Waals surface area (Å²) in [6.45, 7) is 0.582. The molecule has 0 atom stereocenters. The first-order chi connectivity index (χ1) is 9.59. The maximum absolute atomic E-state index is 12.0. The van der Waals surface area contributed by atoms with E-state index in [9.17, 15) is 8.42 Å². The Hall–Kier alpha value is -1.85. The van der Waals surface area contributed by atoms with Crippen molar-refractivity contribution in [1.82, 2.24) is 0 Å². The molecule has 3 N–H and O–H groups in total. The average molecular weight is 290 g/mol. The molecule has 0 fully saturated rings. The Bertz CT molecular complexity index is 637. The zero-order chi connectivity index (χ0) is 14.4. The summed E-state index contributed by atoms with van der Waals surface area (Å²) in [6, 6.07) is 16.4. The van der Waals surface area contributed by atoms with Gasteiger partial charge in [-0.15, -0.1) is 0 Å². The third-order valence-electron chi connectivity index (χ3n) is 2.86. The number of nitrogens with one attached hydrogen (secondary N) is 1. The van der Waals surface area contributed by atoms with Gasteiger partial charge in [0, 0.05) is 5.69 Å². The van der Waals surface area contributed by atoms with Gasteiger partial charge in [0.2, 0.25) is 10.0 Å². The van der Waals surface area contributed by atoms with Crippen LogP contribution in [0.1, 0.15) is 11.1 Å². The standard InChI is InChI=1S/C15H18N2O2S/c16-11-10-13-6-8-15(9-7-13)17-20(18,19)12-14-4-2-1-3-5-14/h1-9,17H,10-12,16H2. The number of hydrogen-bond acceptors (Lipinski definition) is 3. The summed E-state index contributed by atoms with van der Waals surface area (Å²) in [5.74, 6) is -0.0294. The van der Waals surface area contributed by atoms with Crippen molar-refractivity contribution in [2.24, 2.45) is 5.73 Å². The van der Waals surface area contributed by atoms with Crippen LogP contribution < -0.4 is 10.5 Å². The lowest BCUT2D eigenvalue weighted by molar-refractivity contribution is 0.600. The minimum atomic E-state index is -3.39. The van der Waals surface area contributed by atoms with E-state index in [1.165, 1.54) is 0 Å². The molecule has 0 aromatic heterocycles. The minimum absolute atomic E-state index is 0.0294. The van der Waals surface area contributed by atoms with Crippen molar-refractivity contribution in [2.45, 2.75) is 12.2 Å². The van der Waals surface area contributed by atoms with E-state index in [0.29, 0.717) is 12.2 Å². The van der Waals surface area contributed by atoms with E-state index < -0.39 is 10.0 Å². The largest absolute Gasteiger partial charge is 0.330 e. The van der Waals surface area contributed by atoms with Crippen molar-refractivity contribution < 1.29 is 8.42 Å². The molecule has 0 bridgehead atoms. The van der Waals surface area contributed by atoms with E-state index in [4.69, 9.17) is 5.73 Å². The van der Waals surface area contributed by atoms with Crippen molar-refractivity contribution in [1.29, 1.82) is 0 Å². The first-order valence-corrected chi connectivity index (χ1v) is 8.08. The van der Waals surface area contributed by atoms with Gasteiger partial charge in [0.25, 0.3) is 0 Å². The Labute approximate surface area is 119 Å². The zero-order valence-electron chi connectivity index (χ0n) is 11.1. The van der Waals surface area contributed by atoms with Gasteiger partial charge < -0.3 is 5.73 Å². The highest BCUT2D eigenvalue weighted by atomic mass is 32.2. The second kappa shape index (κ2) is 6.54. The molecule has 0 heterocycles. The molecule has 0 saturated carbocycles. The highest BCUT2D eigenvalue weighted by molar-refractivity contribution is 7.91. The van der Waals surface area contributed by atoms with Crippen LogP contribution in [0.3, 0.4) is 0 Å². The molecule has 0 amide bonds. The molecule has 4 nitrogen and oxygen atoms in total. The van der Waals surface area contributed by atoms with Crippen LogP contribution in [-0.2, 0) is 22.2 Å². The third-order valence-corrected chi connectivity index (χ3v) is 4.12. The fourth-order valence-electron chi connectivity index (χ4n) is 1.92. The van der Waals surface area contributed by atoms with Crippen molar-refractivity contribution in [3.8, 4) is 0 Å². The van der Waals surface area contributed by atoms with Gasteiger partial charge in [0.1, 0.15) is 0 Å². The SMILES string of the molecule is NCCc1ccc(NS(=O)(=O)Cc2ccccc2)cc1. The van der Waals surface area contributed by atoms with Gasteiger partial charge in [-0.25, -0.2) is 8.42 Å². The third kappa shape index (κ3) is 4.36. The molecule has 106 valence electrons. The Morgan fingerprint density at radius 2 is 1.55 bits per heavy atom. The maximum Gasteiger partial charge on any atom is 0.236 e. The lowest BCUT2D eigenvalue weighted by Crippen LogP contribution is -2.15. The van der Waals surface area contributed by atoms with Gasteiger partial charge in [-0.3, -0.25) is 4.72 Å². The van der Waals surface area contributed by atoms with Gasteiger partial charge >= 0.3 is 0 Å². The molecule has 0 saturated heterocycles. The summed E-state index contributed by atoms with van der Waals surface area (Å²) in [5.41, 5.74) is 7.91. The molecular weight excluding hydrogens is 272 g/mol. The highest BCUT2D eigenvalue weighted by Gasteiger charge is 2.11. The number of benzene rings is 2. The number of hydrogen-bond donors (Lipinski definition) is 2. The van der Waals surface area contributed by atoms with Crippen molar-refractivity contribution >= 4 is 15.7 Å². The molecule has 0 aliphatic carbocycles. The van der Waals surface area contributed by atoms with E-state index >= 15 is 0 Å². The van der Waals surface area contributed by atoms with E-state index in [1.807, 2.05) is 30.3 Å². The summed E-state index contributed by atoms with van der Waals surface area (Å²) in [4.78, 5) is 0. The zero-order valence-corrected chi connectivity index (χ0v) is 11.9. The van der Waals surface area contributed by atoms with Crippen LogP contribution in [-0.4, -0.2) is 15.0 Å². The quantitative estimate of drug-likeness (QED) is 0.856. The molecule has 2 rings (SSSR count). The summed E-state index contributed by atoms with van der Waals surface area (Å²) in [5, 5.41) is 0. The highest BCUT2D eigenvalue weighted by Crippen LogP contribution is 2.14. The van der Waals surface area contributed by atoms with Crippen LogP contribution in [0, 0.1) is 0 Å². The Kier molecular flexibility index (Phi) is 4.76. The molecule has 2 aromatic rings. The predicted octanol–water partition coefficient (Wildman–Crippen LogP) is 2.13. The van der Waals surface area contributed by atoms with Crippen LogP contribution >= 0.6 is 0 Å². The Morgan fingerprint density at radius 3 is 2.15 bits per heavy atom.